The summed E-state index contributed by atoms with van der Waals surface area (Å²) in [5.74, 6) is 3.03. The zero-order chi connectivity index (χ0) is 10.1. The molecule has 0 bridgehead atoms. The first kappa shape index (κ1) is 9.77. The Hall–Kier alpha value is -0.770. The molecule has 2 rings (SSSR count). The Bertz CT molecular complexity index is 349. The Kier molecular flexibility index (Phi) is 2.63. The number of aryl methyl sites for hydroxylation is 2. The summed E-state index contributed by atoms with van der Waals surface area (Å²) in [5.41, 5.74) is 1.21. The minimum absolute atomic E-state index is 0.426. The molecule has 1 aromatic rings. The van der Waals surface area contributed by atoms with Gasteiger partial charge in [-0.05, 0) is 20.8 Å². The highest BCUT2D eigenvalue weighted by Crippen LogP contribution is 2.35. The minimum Gasteiger partial charge on any atom is -0.367 e. The molecule has 2 heterocycles. The van der Waals surface area contributed by atoms with E-state index in [2.05, 4.69) is 29.1 Å². The molecule has 0 unspecified atom stereocenters. The highest BCUT2D eigenvalue weighted by Gasteiger charge is 2.19. The topological polar surface area (TPSA) is 37.8 Å². The minimum atomic E-state index is 0.426. The molecule has 0 aliphatic carbocycles. The Morgan fingerprint density at radius 1 is 1.36 bits per heavy atom. The lowest BCUT2D eigenvalue weighted by Gasteiger charge is -2.12. The molecule has 3 nitrogen and oxygen atoms in total. The van der Waals surface area contributed by atoms with E-state index in [0.29, 0.717) is 6.04 Å². The fourth-order valence-electron chi connectivity index (χ4n) is 1.56. The molecule has 0 radical (unpaired) electrons. The van der Waals surface area contributed by atoms with Crippen molar-refractivity contribution in [2.24, 2.45) is 0 Å². The van der Waals surface area contributed by atoms with Gasteiger partial charge in [0.25, 0.3) is 0 Å². The summed E-state index contributed by atoms with van der Waals surface area (Å²) >= 11 is 1.86. The average Bonchev–Trinajstić information content (AvgIpc) is 2.50. The van der Waals surface area contributed by atoms with Crippen LogP contribution in [-0.4, -0.2) is 21.8 Å². The van der Waals surface area contributed by atoms with E-state index in [4.69, 9.17) is 0 Å². The first-order chi connectivity index (χ1) is 6.66. The van der Waals surface area contributed by atoms with Gasteiger partial charge in [0, 0.05) is 18.2 Å². The lowest BCUT2D eigenvalue weighted by Crippen LogP contribution is -2.13. The van der Waals surface area contributed by atoms with Crippen molar-refractivity contribution in [2.75, 3.05) is 11.1 Å². The van der Waals surface area contributed by atoms with E-state index in [1.165, 1.54) is 10.6 Å². The van der Waals surface area contributed by atoms with Crippen LogP contribution in [0.5, 0.6) is 0 Å². The van der Waals surface area contributed by atoms with Gasteiger partial charge in [-0.3, -0.25) is 0 Å². The van der Waals surface area contributed by atoms with Gasteiger partial charge in [-0.15, -0.1) is 11.8 Å². The maximum atomic E-state index is 4.45. The number of hydrogen-bond acceptors (Lipinski definition) is 4. The Balaban J connectivity index is 2.38. The summed E-state index contributed by atoms with van der Waals surface area (Å²) in [6.45, 7) is 6.21. The standard InChI is InChI=1S/C10H15N3S/c1-6(2)11-10-9-8(4-5-14-9)12-7(3)13-10/h6H,4-5H2,1-3H3,(H,11,12,13). The van der Waals surface area contributed by atoms with Crippen LogP contribution in [0.2, 0.25) is 0 Å². The van der Waals surface area contributed by atoms with Crippen LogP contribution in [0.15, 0.2) is 4.90 Å². The van der Waals surface area contributed by atoms with Crippen molar-refractivity contribution in [1.82, 2.24) is 9.97 Å². The fraction of sp³-hybridized carbons (Fsp3) is 0.600. The zero-order valence-corrected chi connectivity index (χ0v) is 9.61. The summed E-state index contributed by atoms with van der Waals surface area (Å²) in [6, 6.07) is 0.426. The summed E-state index contributed by atoms with van der Waals surface area (Å²) in [4.78, 5) is 10.1. The van der Waals surface area contributed by atoms with Gasteiger partial charge in [-0.25, -0.2) is 9.97 Å². The lowest BCUT2D eigenvalue weighted by atomic mass is 10.3. The van der Waals surface area contributed by atoms with Crippen molar-refractivity contribution in [3.8, 4) is 0 Å². The maximum Gasteiger partial charge on any atom is 0.143 e. The number of hydrogen-bond donors (Lipinski definition) is 1. The van der Waals surface area contributed by atoms with E-state index < -0.39 is 0 Å². The van der Waals surface area contributed by atoms with E-state index in [-0.39, 0.29) is 0 Å². The van der Waals surface area contributed by atoms with Gasteiger partial charge in [-0.1, -0.05) is 0 Å². The normalized spacial score (nSPS) is 14.6. The third kappa shape index (κ3) is 1.85. The number of thioether (sulfide) groups is 1. The predicted molar refractivity (Wildman–Crippen MR) is 60.0 cm³/mol. The van der Waals surface area contributed by atoms with Gasteiger partial charge in [0.1, 0.15) is 11.6 Å². The van der Waals surface area contributed by atoms with E-state index in [0.717, 1.165) is 23.8 Å². The van der Waals surface area contributed by atoms with Crippen molar-refractivity contribution in [3.63, 3.8) is 0 Å². The van der Waals surface area contributed by atoms with Crippen LogP contribution in [-0.2, 0) is 6.42 Å². The second-order valence-electron chi connectivity index (χ2n) is 3.79. The number of nitrogens with zero attached hydrogens (tertiary/aromatic N) is 2. The Morgan fingerprint density at radius 2 is 2.14 bits per heavy atom. The average molecular weight is 209 g/mol. The van der Waals surface area contributed by atoms with Gasteiger partial charge in [0.05, 0.1) is 10.6 Å². The number of aromatic nitrogens is 2. The molecule has 14 heavy (non-hydrogen) atoms. The van der Waals surface area contributed by atoms with Crippen LogP contribution in [0.1, 0.15) is 25.4 Å². The Labute approximate surface area is 88.7 Å². The van der Waals surface area contributed by atoms with Crippen LogP contribution < -0.4 is 5.32 Å². The second kappa shape index (κ2) is 3.77. The molecule has 0 spiro atoms. The smallest absolute Gasteiger partial charge is 0.143 e. The van der Waals surface area contributed by atoms with E-state index in [1.54, 1.807) is 0 Å². The van der Waals surface area contributed by atoms with Crippen LogP contribution >= 0.6 is 11.8 Å². The molecular weight excluding hydrogens is 194 g/mol. The summed E-state index contributed by atoms with van der Waals surface area (Å²) in [5, 5.41) is 3.37. The molecule has 1 aliphatic rings. The van der Waals surface area contributed by atoms with Crippen LogP contribution in [0.4, 0.5) is 5.82 Å². The van der Waals surface area contributed by atoms with Crippen molar-refractivity contribution in [2.45, 2.75) is 38.1 Å². The van der Waals surface area contributed by atoms with Crippen LogP contribution in [0.25, 0.3) is 0 Å². The highest BCUT2D eigenvalue weighted by molar-refractivity contribution is 7.99. The first-order valence-electron chi connectivity index (χ1n) is 4.93. The van der Waals surface area contributed by atoms with Crippen molar-refractivity contribution >= 4 is 17.6 Å². The first-order valence-corrected chi connectivity index (χ1v) is 5.92. The SMILES string of the molecule is Cc1nc2c(c(NC(C)C)n1)SCC2. The molecule has 0 atom stereocenters. The monoisotopic (exact) mass is 209 g/mol. The third-order valence-corrected chi connectivity index (χ3v) is 3.18. The summed E-state index contributed by atoms with van der Waals surface area (Å²) in [6.07, 6.45) is 1.08. The molecule has 0 fully saturated rings. The molecule has 1 aliphatic heterocycles. The molecular formula is C10H15N3S. The lowest BCUT2D eigenvalue weighted by molar-refractivity contribution is 0.854. The maximum absolute atomic E-state index is 4.45. The molecule has 1 aromatic heterocycles. The second-order valence-corrected chi connectivity index (χ2v) is 4.90. The third-order valence-electron chi connectivity index (χ3n) is 2.06. The van der Waals surface area contributed by atoms with Crippen molar-refractivity contribution in [3.05, 3.63) is 11.5 Å². The zero-order valence-electron chi connectivity index (χ0n) is 8.79. The largest absolute Gasteiger partial charge is 0.367 e. The highest BCUT2D eigenvalue weighted by atomic mass is 32.2. The van der Waals surface area contributed by atoms with Crippen LogP contribution in [0, 0.1) is 6.92 Å². The Morgan fingerprint density at radius 3 is 2.86 bits per heavy atom. The van der Waals surface area contributed by atoms with E-state index in [1.807, 2.05) is 18.7 Å². The predicted octanol–water partition coefficient (Wildman–Crippen LogP) is 2.25. The molecule has 0 saturated heterocycles. The van der Waals surface area contributed by atoms with Crippen molar-refractivity contribution in [1.29, 1.82) is 0 Å². The fourth-order valence-corrected chi connectivity index (χ4v) is 2.62. The molecule has 0 saturated carbocycles. The van der Waals surface area contributed by atoms with Gasteiger partial charge in [0.2, 0.25) is 0 Å². The number of anilines is 1. The number of nitrogens with one attached hydrogen (secondary N) is 1. The number of rotatable bonds is 2. The van der Waals surface area contributed by atoms with Gasteiger partial charge >= 0.3 is 0 Å². The van der Waals surface area contributed by atoms with Gasteiger partial charge in [0.15, 0.2) is 0 Å². The quantitative estimate of drug-likeness (QED) is 0.810. The molecule has 0 amide bonds. The van der Waals surface area contributed by atoms with Gasteiger partial charge < -0.3 is 5.32 Å². The summed E-state index contributed by atoms with van der Waals surface area (Å²) < 4.78 is 0. The van der Waals surface area contributed by atoms with Gasteiger partial charge in [-0.2, -0.15) is 0 Å². The van der Waals surface area contributed by atoms with Crippen molar-refractivity contribution < 1.29 is 0 Å². The summed E-state index contributed by atoms with van der Waals surface area (Å²) in [7, 11) is 0. The van der Waals surface area contributed by atoms with Crippen LogP contribution in [0.3, 0.4) is 0 Å². The number of fused-ring (bicyclic) bond motifs is 1. The van der Waals surface area contributed by atoms with E-state index >= 15 is 0 Å². The molecule has 76 valence electrons. The van der Waals surface area contributed by atoms with E-state index in [9.17, 15) is 0 Å². The molecule has 4 heteroatoms. The molecule has 0 aromatic carbocycles. The molecule has 1 N–H and O–H groups in total.